The summed E-state index contributed by atoms with van der Waals surface area (Å²) in [5, 5.41) is 3.82. The number of hydrogen-bond acceptors (Lipinski definition) is 4. The zero-order valence-corrected chi connectivity index (χ0v) is 15.5. The normalized spacial score (nSPS) is 11.9. The number of fused-ring (bicyclic) bond motifs is 6. The summed E-state index contributed by atoms with van der Waals surface area (Å²) in [5.74, 6) is 0. The SMILES string of the molecule is Clc1nc2c(nc1-c1ccc3c(c1)sc1ccccc13)oc1ccccc12. The fourth-order valence-corrected chi connectivity index (χ4v) is 4.94. The van der Waals surface area contributed by atoms with Gasteiger partial charge in [-0.15, -0.1) is 11.3 Å². The summed E-state index contributed by atoms with van der Waals surface area (Å²) in [6.07, 6.45) is 0. The van der Waals surface area contributed by atoms with Crippen molar-refractivity contribution >= 4 is 65.3 Å². The van der Waals surface area contributed by atoms with Crippen LogP contribution in [0.2, 0.25) is 5.15 Å². The number of para-hydroxylation sites is 1. The molecule has 0 aliphatic carbocycles. The molecular weight excluding hydrogens is 376 g/mol. The quantitative estimate of drug-likeness (QED) is 0.303. The van der Waals surface area contributed by atoms with Crippen molar-refractivity contribution in [3.63, 3.8) is 0 Å². The van der Waals surface area contributed by atoms with Gasteiger partial charge in [0.1, 0.15) is 16.8 Å². The second-order valence-electron chi connectivity index (χ2n) is 6.42. The second kappa shape index (κ2) is 5.52. The van der Waals surface area contributed by atoms with Gasteiger partial charge in [0, 0.05) is 31.1 Å². The van der Waals surface area contributed by atoms with Gasteiger partial charge in [0.25, 0.3) is 0 Å². The maximum atomic E-state index is 6.51. The van der Waals surface area contributed by atoms with Crippen LogP contribution in [0.15, 0.2) is 71.1 Å². The maximum absolute atomic E-state index is 6.51. The monoisotopic (exact) mass is 386 g/mol. The molecule has 128 valence electrons. The van der Waals surface area contributed by atoms with Crippen LogP contribution >= 0.6 is 22.9 Å². The lowest BCUT2D eigenvalue weighted by molar-refractivity contribution is 0.653. The van der Waals surface area contributed by atoms with Gasteiger partial charge in [0.2, 0.25) is 5.71 Å². The maximum Gasteiger partial charge on any atom is 0.247 e. The van der Waals surface area contributed by atoms with Gasteiger partial charge in [-0.05, 0) is 24.3 Å². The average molecular weight is 387 g/mol. The Hall–Kier alpha value is -2.95. The van der Waals surface area contributed by atoms with Crippen molar-refractivity contribution in [1.82, 2.24) is 9.97 Å². The summed E-state index contributed by atoms with van der Waals surface area (Å²) in [6, 6.07) is 22.5. The van der Waals surface area contributed by atoms with Gasteiger partial charge in [-0.1, -0.05) is 54.1 Å². The standard InChI is InChI=1S/C22H11ClN2OS/c23-21-19(25-22-20(24-21)15-6-1-3-7-16(15)26-22)12-9-10-14-13-5-2-4-8-17(13)27-18(14)11-12/h1-11H. The molecule has 3 aromatic carbocycles. The van der Waals surface area contributed by atoms with E-state index in [2.05, 4.69) is 46.4 Å². The first kappa shape index (κ1) is 15.1. The van der Waals surface area contributed by atoms with Gasteiger partial charge in [0.05, 0.1) is 0 Å². The minimum absolute atomic E-state index is 0.384. The number of nitrogens with zero attached hydrogens (tertiary/aromatic N) is 2. The third-order valence-electron chi connectivity index (χ3n) is 4.82. The number of thiophene rings is 1. The summed E-state index contributed by atoms with van der Waals surface area (Å²) in [5.41, 5.74) is 3.55. The number of hydrogen-bond donors (Lipinski definition) is 0. The number of benzene rings is 3. The van der Waals surface area contributed by atoms with Crippen LogP contribution in [0.4, 0.5) is 0 Å². The number of furan rings is 1. The summed E-state index contributed by atoms with van der Waals surface area (Å²) in [6.45, 7) is 0. The number of rotatable bonds is 1. The Morgan fingerprint density at radius 3 is 2.48 bits per heavy atom. The molecule has 0 atom stereocenters. The predicted octanol–water partition coefficient (Wildman–Crippen LogP) is 7.06. The Bertz CT molecular complexity index is 1500. The molecule has 0 N–H and O–H groups in total. The first-order valence-corrected chi connectivity index (χ1v) is 9.74. The van der Waals surface area contributed by atoms with Crippen LogP contribution in [0.3, 0.4) is 0 Å². The molecule has 6 aromatic rings. The number of aromatic nitrogens is 2. The van der Waals surface area contributed by atoms with Gasteiger partial charge < -0.3 is 4.42 Å². The Morgan fingerprint density at radius 1 is 0.778 bits per heavy atom. The molecule has 0 bridgehead atoms. The molecule has 3 nitrogen and oxygen atoms in total. The molecule has 3 heterocycles. The lowest BCUT2D eigenvalue weighted by Gasteiger charge is -2.03. The van der Waals surface area contributed by atoms with Crippen LogP contribution in [0.1, 0.15) is 0 Å². The minimum Gasteiger partial charge on any atom is -0.436 e. The summed E-state index contributed by atoms with van der Waals surface area (Å²) in [4.78, 5) is 9.26. The first-order chi connectivity index (χ1) is 13.3. The molecule has 0 spiro atoms. The van der Waals surface area contributed by atoms with Crippen molar-refractivity contribution < 1.29 is 4.42 Å². The lowest BCUT2D eigenvalue weighted by atomic mass is 10.1. The minimum atomic E-state index is 0.384. The van der Waals surface area contributed by atoms with E-state index in [-0.39, 0.29) is 0 Å². The van der Waals surface area contributed by atoms with E-state index in [1.165, 1.54) is 20.2 Å². The van der Waals surface area contributed by atoms with Gasteiger partial charge in [-0.3, -0.25) is 0 Å². The largest absolute Gasteiger partial charge is 0.436 e. The molecule has 27 heavy (non-hydrogen) atoms. The van der Waals surface area contributed by atoms with Gasteiger partial charge >= 0.3 is 0 Å². The van der Waals surface area contributed by atoms with Crippen LogP contribution in [-0.4, -0.2) is 9.97 Å². The highest BCUT2D eigenvalue weighted by molar-refractivity contribution is 7.25. The highest BCUT2D eigenvalue weighted by Gasteiger charge is 2.16. The molecule has 0 amide bonds. The van der Waals surface area contributed by atoms with Crippen molar-refractivity contribution in [2.45, 2.75) is 0 Å². The topological polar surface area (TPSA) is 38.9 Å². The predicted molar refractivity (Wildman–Crippen MR) is 113 cm³/mol. The molecule has 0 saturated carbocycles. The molecule has 6 rings (SSSR count). The van der Waals surface area contributed by atoms with Crippen molar-refractivity contribution in [2.75, 3.05) is 0 Å². The summed E-state index contributed by atoms with van der Waals surface area (Å²) in [7, 11) is 0. The molecule has 0 radical (unpaired) electrons. The summed E-state index contributed by atoms with van der Waals surface area (Å²) >= 11 is 8.28. The van der Waals surface area contributed by atoms with Gasteiger partial charge in [-0.2, -0.15) is 0 Å². The zero-order chi connectivity index (χ0) is 18.0. The van der Waals surface area contributed by atoms with Crippen LogP contribution in [0, 0.1) is 0 Å². The van der Waals surface area contributed by atoms with E-state index in [9.17, 15) is 0 Å². The fraction of sp³-hybridized carbons (Fsp3) is 0. The fourth-order valence-electron chi connectivity index (χ4n) is 3.56. The van der Waals surface area contributed by atoms with E-state index >= 15 is 0 Å². The molecular formula is C22H11ClN2OS. The zero-order valence-electron chi connectivity index (χ0n) is 13.9. The molecule has 5 heteroatoms. The molecule has 0 aliphatic heterocycles. The average Bonchev–Trinajstić information content (AvgIpc) is 3.24. The third kappa shape index (κ3) is 2.21. The van der Waals surface area contributed by atoms with Gasteiger partial charge in [0.15, 0.2) is 5.15 Å². The van der Waals surface area contributed by atoms with Crippen LogP contribution in [0.25, 0.3) is 53.6 Å². The smallest absolute Gasteiger partial charge is 0.247 e. The Balaban J connectivity index is 1.60. The second-order valence-corrected chi connectivity index (χ2v) is 7.87. The molecule has 0 aliphatic rings. The van der Waals surface area contributed by atoms with E-state index in [0.29, 0.717) is 22.1 Å². The van der Waals surface area contributed by atoms with Crippen LogP contribution in [-0.2, 0) is 0 Å². The Morgan fingerprint density at radius 2 is 1.56 bits per heavy atom. The summed E-state index contributed by atoms with van der Waals surface area (Å²) < 4.78 is 8.35. The first-order valence-electron chi connectivity index (χ1n) is 8.54. The molecule has 0 saturated heterocycles. The van der Waals surface area contributed by atoms with E-state index in [1.807, 2.05) is 30.3 Å². The van der Waals surface area contributed by atoms with Crippen LogP contribution in [0.5, 0.6) is 0 Å². The van der Waals surface area contributed by atoms with Crippen molar-refractivity contribution in [1.29, 1.82) is 0 Å². The van der Waals surface area contributed by atoms with Crippen molar-refractivity contribution in [2.24, 2.45) is 0 Å². The van der Waals surface area contributed by atoms with Crippen molar-refractivity contribution in [3.05, 3.63) is 71.9 Å². The highest BCUT2D eigenvalue weighted by Crippen LogP contribution is 2.38. The van der Waals surface area contributed by atoms with Crippen molar-refractivity contribution in [3.8, 4) is 11.3 Å². The Labute approximate surface area is 162 Å². The van der Waals surface area contributed by atoms with E-state index in [0.717, 1.165) is 16.5 Å². The third-order valence-corrected chi connectivity index (χ3v) is 6.22. The van der Waals surface area contributed by atoms with Gasteiger partial charge in [-0.25, -0.2) is 9.97 Å². The van der Waals surface area contributed by atoms with E-state index in [1.54, 1.807) is 11.3 Å². The highest BCUT2D eigenvalue weighted by atomic mass is 35.5. The van der Waals surface area contributed by atoms with E-state index in [4.69, 9.17) is 16.0 Å². The Kier molecular flexibility index (Phi) is 3.10. The van der Waals surface area contributed by atoms with E-state index < -0.39 is 0 Å². The lowest BCUT2D eigenvalue weighted by Crippen LogP contribution is -1.89. The molecule has 0 unspecified atom stereocenters. The molecule has 0 fully saturated rings. The molecule has 3 aromatic heterocycles. The van der Waals surface area contributed by atoms with Crippen LogP contribution < -0.4 is 0 Å². The number of halogens is 1.